The van der Waals surface area contributed by atoms with Crippen molar-refractivity contribution >= 4 is 17.1 Å². The van der Waals surface area contributed by atoms with E-state index in [1.165, 1.54) is 30.4 Å². The minimum Gasteiger partial charge on any atom is -0.497 e. The highest BCUT2D eigenvalue weighted by Gasteiger charge is 2.11. The normalized spacial score (nSPS) is 13.1. The average Bonchev–Trinajstić information content (AvgIpc) is 2.88. The number of aryl methyl sites for hydroxylation is 2. The quantitative estimate of drug-likeness (QED) is 0.824. The number of hydrogen-bond donors (Lipinski definition) is 2. The number of nitrogens with two attached hydrogens (primary N) is 1. The van der Waals surface area contributed by atoms with Gasteiger partial charge in [0, 0.05) is 11.8 Å². The van der Waals surface area contributed by atoms with Gasteiger partial charge in [0.2, 0.25) is 0 Å². The third-order valence-corrected chi connectivity index (χ3v) is 3.64. The summed E-state index contributed by atoms with van der Waals surface area (Å²) in [6.45, 7) is 0. The Hall–Kier alpha value is -2.16. The van der Waals surface area contributed by atoms with Crippen LogP contribution in [-0.4, -0.2) is 7.11 Å². The summed E-state index contributed by atoms with van der Waals surface area (Å²) in [6.07, 6.45) is 3.66. The van der Waals surface area contributed by atoms with Gasteiger partial charge >= 0.3 is 0 Å². The maximum atomic E-state index is 6.02. The molecule has 1 aliphatic rings. The largest absolute Gasteiger partial charge is 0.497 e. The molecule has 0 atom stereocenters. The van der Waals surface area contributed by atoms with E-state index in [0.717, 1.165) is 17.1 Å². The summed E-state index contributed by atoms with van der Waals surface area (Å²) in [7, 11) is 1.64. The number of anilines is 3. The van der Waals surface area contributed by atoms with Gasteiger partial charge in [0.25, 0.3) is 0 Å². The first-order valence-corrected chi connectivity index (χ1v) is 6.58. The maximum absolute atomic E-state index is 6.02. The van der Waals surface area contributed by atoms with Crippen molar-refractivity contribution in [2.45, 2.75) is 19.3 Å². The van der Waals surface area contributed by atoms with Gasteiger partial charge in [-0.3, -0.25) is 0 Å². The van der Waals surface area contributed by atoms with Crippen LogP contribution in [0.15, 0.2) is 36.4 Å². The molecule has 0 saturated carbocycles. The van der Waals surface area contributed by atoms with Crippen molar-refractivity contribution in [1.82, 2.24) is 0 Å². The van der Waals surface area contributed by atoms with Crippen LogP contribution >= 0.6 is 0 Å². The zero-order valence-corrected chi connectivity index (χ0v) is 11.1. The molecule has 0 aromatic heterocycles. The number of rotatable bonds is 3. The van der Waals surface area contributed by atoms with Gasteiger partial charge in [-0.2, -0.15) is 0 Å². The SMILES string of the molecule is COc1ccc(Nc2ccc3c(c2)CCC3)c(N)c1. The molecule has 0 heterocycles. The zero-order valence-electron chi connectivity index (χ0n) is 11.1. The Bertz CT molecular complexity index is 608. The minimum absolute atomic E-state index is 0.694. The molecule has 0 radical (unpaired) electrons. The number of nitrogens with one attached hydrogen (secondary N) is 1. The van der Waals surface area contributed by atoms with Crippen molar-refractivity contribution in [3.05, 3.63) is 47.5 Å². The number of hydrogen-bond acceptors (Lipinski definition) is 3. The van der Waals surface area contributed by atoms with E-state index in [9.17, 15) is 0 Å². The Labute approximate surface area is 113 Å². The third kappa shape index (κ3) is 2.36. The minimum atomic E-state index is 0.694. The van der Waals surface area contributed by atoms with E-state index in [1.54, 1.807) is 7.11 Å². The molecule has 0 amide bonds. The van der Waals surface area contributed by atoms with Gasteiger partial charge < -0.3 is 15.8 Å². The molecule has 2 aromatic rings. The Morgan fingerprint density at radius 2 is 1.89 bits per heavy atom. The second-order valence-electron chi connectivity index (χ2n) is 4.92. The second-order valence-corrected chi connectivity index (χ2v) is 4.92. The summed E-state index contributed by atoms with van der Waals surface area (Å²) in [5.74, 6) is 0.775. The topological polar surface area (TPSA) is 47.3 Å². The highest BCUT2D eigenvalue weighted by atomic mass is 16.5. The van der Waals surface area contributed by atoms with Crippen LogP contribution in [-0.2, 0) is 12.8 Å². The van der Waals surface area contributed by atoms with Crippen LogP contribution in [0.1, 0.15) is 17.5 Å². The molecule has 3 nitrogen and oxygen atoms in total. The summed E-state index contributed by atoms with van der Waals surface area (Å²) in [5.41, 5.74) is 11.7. The van der Waals surface area contributed by atoms with Crippen LogP contribution in [0.5, 0.6) is 5.75 Å². The fourth-order valence-corrected chi connectivity index (χ4v) is 2.59. The summed E-state index contributed by atoms with van der Waals surface area (Å²) in [5, 5.41) is 3.37. The maximum Gasteiger partial charge on any atom is 0.121 e. The molecule has 0 unspecified atom stereocenters. The Morgan fingerprint density at radius 1 is 1.05 bits per heavy atom. The van der Waals surface area contributed by atoms with Crippen molar-refractivity contribution in [3.8, 4) is 5.75 Å². The van der Waals surface area contributed by atoms with Crippen LogP contribution in [0.4, 0.5) is 17.1 Å². The lowest BCUT2D eigenvalue weighted by atomic mass is 10.1. The van der Waals surface area contributed by atoms with E-state index in [2.05, 4.69) is 23.5 Å². The monoisotopic (exact) mass is 254 g/mol. The molecule has 3 heteroatoms. The number of methoxy groups -OCH3 is 1. The molecule has 98 valence electrons. The number of ether oxygens (including phenoxy) is 1. The molecule has 3 rings (SSSR count). The molecule has 0 bridgehead atoms. The van der Waals surface area contributed by atoms with Crippen molar-refractivity contribution in [3.63, 3.8) is 0 Å². The molecular weight excluding hydrogens is 236 g/mol. The van der Waals surface area contributed by atoms with E-state index < -0.39 is 0 Å². The zero-order chi connectivity index (χ0) is 13.2. The molecule has 0 spiro atoms. The molecule has 0 aliphatic heterocycles. The number of benzene rings is 2. The van der Waals surface area contributed by atoms with E-state index in [0.29, 0.717) is 5.69 Å². The van der Waals surface area contributed by atoms with Crippen molar-refractivity contribution in [1.29, 1.82) is 0 Å². The summed E-state index contributed by atoms with van der Waals surface area (Å²) < 4.78 is 5.15. The number of nitrogen functional groups attached to an aromatic ring is 1. The highest BCUT2D eigenvalue weighted by Crippen LogP contribution is 2.30. The summed E-state index contributed by atoms with van der Waals surface area (Å²) in [4.78, 5) is 0. The van der Waals surface area contributed by atoms with Crippen LogP contribution in [0, 0.1) is 0 Å². The van der Waals surface area contributed by atoms with E-state index >= 15 is 0 Å². The lowest BCUT2D eigenvalue weighted by Gasteiger charge is -2.12. The lowest BCUT2D eigenvalue weighted by Crippen LogP contribution is -1.97. The van der Waals surface area contributed by atoms with Gasteiger partial charge in [-0.1, -0.05) is 6.07 Å². The molecule has 3 N–H and O–H groups in total. The third-order valence-electron chi connectivity index (χ3n) is 3.64. The second kappa shape index (κ2) is 4.84. The van der Waals surface area contributed by atoms with Crippen molar-refractivity contribution in [2.24, 2.45) is 0 Å². The Balaban J connectivity index is 1.85. The average molecular weight is 254 g/mol. The molecule has 1 aliphatic carbocycles. The van der Waals surface area contributed by atoms with Crippen LogP contribution in [0.2, 0.25) is 0 Å². The Kier molecular flexibility index (Phi) is 3.03. The van der Waals surface area contributed by atoms with Crippen molar-refractivity contribution in [2.75, 3.05) is 18.2 Å². The molecule has 19 heavy (non-hydrogen) atoms. The smallest absolute Gasteiger partial charge is 0.121 e. The van der Waals surface area contributed by atoms with Crippen LogP contribution in [0.25, 0.3) is 0 Å². The van der Waals surface area contributed by atoms with E-state index in [1.807, 2.05) is 18.2 Å². The van der Waals surface area contributed by atoms with E-state index in [4.69, 9.17) is 10.5 Å². The number of fused-ring (bicyclic) bond motifs is 1. The molecular formula is C16H18N2O. The van der Waals surface area contributed by atoms with E-state index in [-0.39, 0.29) is 0 Å². The van der Waals surface area contributed by atoms with Crippen LogP contribution in [0.3, 0.4) is 0 Å². The fraction of sp³-hybridized carbons (Fsp3) is 0.250. The molecule has 0 fully saturated rings. The van der Waals surface area contributed by atoms with Gasteiger partial charge in [0.05, 0.1) is 18.5 Å². The molecule has 0 saturated heterocycles. The summed E-state index contributed by atoms with van der Waals surface area (Å²) >= 11 is 0. The first-order chi connectivity index (χ1) is 9.26. The predicted molar refractivity (Wildman–Crippen MR) is 79.2 cm³/mol. The summed E-state index contributed by atoms with van der Waals surface area (Å²) in [6, 6.07) is 12.2. The first kappa shape index (κ1) is 11.9. The predicted octanol–water partition coefficient (Wildman–Crippen LogP) is 3.51. The van der Waals surface area contributed by atoms with Gasteiger partial charge in [-0.05, 0) is 54.7 Å². The standard InChI is InChI=1S/C16H18N2O/c1-19-14-7-8-16(15(17)10-14)18-13-6-5-11-3-2-4-12(11)9-13/h5-10,18H,2-4,17H2,1H3. The molecule has 2 aromatic carbocycles. The van der Waals surface area contributed by atoms with Gasteiger partial charge in [0.1, 0.15) is 5.75 Å². The van der Waals surface area contributed by atoms with Crippen molar-refractivity contribution < 1.29 is 4.74 Å². The van der Waals surface area contributed by atoms with Gasteiger partial charge in [0.15, 0.2) is 0 Å². The Morgan fingerprint density at radius 3 is 2.68 bits per heavy atom. The van der Waals surface area contributed by atoms with Gasteiger partial charge in [-0.25, -0.2) is 0 Å². The highest BCUT2D eigenvalue weighted by molar-refractivity contribution is 5.74. The lowest BCUT2D eigenvalue weighted by molar-refractivity contribution is 0.415. The first-order valence-electron chi connectivity index (χ1n) is 6.58. The van der Waals surface area contributed by atoms with Gasteiger partial charge in [-0.15, -0.1) is 0 Å². The van der Waals surface area contributed by atoms with Crippen LogP contribution < -0.4 is 15.8 Å². The fourth-order valence-electron chi connectivity index (χ4n) is 2.59.